The number of carbonyl (C=O) groups excluding carboxylic acids is 4. The molecule has 3 aliphatic rings. The van der Waals surface area contributed by atoms with Crippen LogP contribution in [0.1, 0.15) is 51.7 Å². The zero-order chi connectivity index (χ0) is 41.2. The molecule has 0 aliphatic carbocycles. The number of thiocarbonyl (C=S) groups is 1. The Bertz CT molecular complexity index is 2070. The Morgan fingerprint density at radius 2 is 1.84 bits per heavy atom. The van der Waals surface area contributed by atoms with E-state index in [0.717, 1.165) is 35.8 Å². The molecule has 3 fully saturated rings. The summed E-state index contributed by atoms with van der Waals surface area (Å²) in [6, 6.07) is 13.0. The summed E-state index contributed by atoms with van der Waals surface area (Å²) in [5.41, 5.74) is 5.73. The van der Waals surface area contributed by atoms with Crippen LogP contribution in [0.3, 0.4) is 0 Å². The summed E-state index contributed by atoms with van der Waals surface area (Å²) in [5, 5.41) is 8.42. The number of amides is 4. The molecule has 14 nitrogen and oxygen atoms in total. The molecule has 0 saturated carbocycles. The highest BCUT2D eigenvalue weighted by atomic mass is 32.1. The lowest BCUT2D eigenvalue weighted by atomic mass is 10.0. The molecule has 4 amide bonds. The third kappa shape index (κ3) is 9.13. The first-order chi connectivity index (χ1) is 27.0. The van der Waals surface area contributed by atoms with E-state index in [-0.39, 0.29) is 47.5 Å². The summed E-state index contributed by atoms with van der Waals surface area (Å²) < 4.78 is 47.1. The summed E-state index contributed by atoms with van der Waals surface area (Å²) in [7, 11) is 0. The van der Waals surface area contributed by atoms with Gasteiger partial charge in [-0.2, -0.15) is 13.2 Å². The number of nitrogens with zero attached hydrogens (tertiary/aromatic N) is 5. The van der Waals surface area contributed by atoms with Gasteiger partial charge in [0, 0.05) is 55.7 Å². The Morgan fingerprint density at radius 1 is 1.09 bits per heavy atom. The summed E-state index contributed by atoms with van der Waals surface area (Å²) >= 11 is 5.69. The molecule has 0 radical (unpaired) electrons. The van der Waals surface area contributed by atoms with Crippen molar-refractivity contribution in [3.8, 4) is 5.75 Å². The second-order valence-electron chi connectivity index (χ2n) is 14.8. The predicted molar refractivity (Wildman–Crippen MR) is 214 cm³/mol. The predicted octanol–water partition coefficient (Wildman–Crippen LogP) is 4.40. The first kappa shape index (κ1) is 41.3. The first-order valence-corrected chi connectivity index (χ1v) is 19.1. The highest BCUT2D eigenvalue weighted by molar-refractivity contribution is 7.81. The van der Waals surface area contributed by atoms with Crippen LogP contribution in [0.2, 0.25) is 0 Å². The van der Waals surface area contributed by atoms with Gasteiger partial charge in [0.05, 0.1) is 24.0 Å². The van der Waals surface area contributed by atoms with Crippen LogP contribution in [-0.4, -0.2) is 100 Å². The molecule has 18 heteroatoms. The topological polar surface area (TPSA) is 165 Å². The number of piperazine rings is 1. The van der Waals surface area contributed by atoms with Gasteiger partial charge in [-0.25, -0.2) is 4.98 Å². The molecular formula is C39H46F3N9O5S. The van der Waals surface area contributed by atoms with E-state index >= 15 is 0 Å². The highest BCUT2D eigenvalue weighted by Crippen LogP contribution is 2.40. The highest BCUT2D eigenvalue weighted by Gasteiger charge is 2.51. The van der Waals surface area contributed by atoms with Gasteiger partial charge in [-0.3, -0.25) is 39.2 Å². The first-order valence-electron chi connectivity index (χ1n) is 18.7. The van der Waals surface area contributed by atoms with Crippen molar-refractivity contribution in [2.75, 3.05) is 65.5 Å². The number of aryl methyl sites for hydroxylation is 1. The van der Waals surface area contributed by atoms with Crippen molar-refractivity contribution in [3.63, 3.8) is 0 Å². The third-order valence-electron chi connectivity index (χ3n) is 10.4. The fourth-order valence-electron chi connectivity index (χ4n) is 7.29. The SMILES string of the molecule is CCc1cc(N2C(=S)N(c3cnc(N)c(C(F)(F)F)c3)C(=O)C2(C)C)ccc1OCCN1CCN(CC(=O)Nc2cccc(NC3CCC(=O)NC3=O)c2)[C@H](C)C1. The van der Waals surface area contributed by atoms with Crippen LogP contribution in [0.4, 0.5) is 41.7 Å². The van der Waals surface area contributed by atoms with Crippen molar-refractivity contribution < 1.29 is 37.1 Å². The lowest BCUT2D eigenvalue weighted by Gasteiger charge is -2.39. The monoisotopic (exact) mass is 809 g/mol. The number of benzene rings is 2. The number of anilines is 5. The summed E-state index contributed by atoms with van der Waals surface area (Å²) in [6.45, 7) is 10.8. The van der Waals surface area contributed by atoms with Gasteiger partial charge in [-0.1, -0.05) is 13.0 Å². The van der Waals surface area contributed by atoms with E-state index in [4.69, 9.17) is 22.7 Å². The number of pyridine rings is 1. The van der Waals surface area contributed by atoms with E-state index in [0.29, 0.717) is 55.3 Å². The Labute approximate surface area is 333 Å². The van der Waals surface area contributed by atoms with Crippen LogP contribution in [0, 0.1) is 0 Å². The number of piperidine rings is 1. The van der Waals surface area contributed by atoms with Crippen LogP contribution in [0.5, 0.6) is 5.75 Å². The number of nitrogens with one attached hydrogen (secondary N) is 3. The lowest BCUT2D eigenvalue weighted by Crippen LogP contribution is -2.54. The molecule has 4 heterocycles. The van der Waals surface area contributed by atoms with Gasteiger partial charge in [-0.05, 0) is 93.9 Å². The molecular weight excluding hydrogens is 764 g/mol. The Balaban J connectivity index is 1.00. The van der Waals surface area contributed by atoms with E-state index in [1.54, 1.807) is 49.1 Å². The Kier molecular flexibility index (Phi) is 12.1. The van der Waals surface area contributed by atoms with Crippen molar-refractivity contribution in [2.24, 2.45) is 0 Å². The molecule has 1 aromatic heterocycles. The fraction of sp³-hybridized carbons (Fsp3) is 0.436. The molecule has 2 aromatic carbocycles. The van der Waals surface area contributed by atoms with E-state index in [9.17, 15) is 32.3 Å². The Morgan fingerprint density at radius 3 is 2.54 bits per heavy atom. The average Bonchev–Trinajstić information content (AvgIpc) is 3.32. The number of hydrogen-bond acceptors (Lipinski definition) is 11. The number of aromatic nitrogens is 1. The molecule has 3 aliphatic heterocycles. The molecule has 5 N–H and O–H groups in total. The summed E-state index contributed by atoms with van der Waals surface area (Å²) in [6.07, 6.45) is -2.38. The number of hydrogen-bond donors (Lipinski definition) is 4. The van der Waals surface area contributed by atoms with Crippen LogP contribution in [0.25, 0.3) is 0 Å². The average molecular weight is 810 g/mol. The minimum Gasteiger partial charge on any atom is -0.492 e. The van der Waals surface area contributed by atoms with Crippen LogP contribution in [0.15, 0.2) is 54.7 Å². The summed E-state index contributed by atoms with van der Waals surface area (Å²) in [5.74, 6) is -1.33. The van der Waals surface area contributed by atoms with E-state index in [1.807, 2.05) is 19.1 Å². The van der Waals surface area contributed by atoms with E-state index in [1.165, 1.54) is 0 Å². The van der Waals surface area contributed by atoms with Gasteiger partial charge in [-0.15, -0.1) is 0 Å². The quantitative estimate of drug-likeness (QED) is 0.151. The van der Waals surface area contributed by atoms with Gasteiger partial charge in [0.25, 0.3) is 5.91 Å². The maximum absolute atomic E-state index is 13.6. The number of halogens is 3. The largest absolute Gasteiger partial charge is 0.492 e. The van der Waals surface area contributed by atoms with Crippen molar-refractivity contribution in [2.45, 2.75) is 70.8 Å². The molecule has 3 saturated heterocycles. The van der Waals surface area contributed by atoms with E-state index < -0.39 is 35.0 Å². The minimum absolute atomic E-state index is 0.0136. The maximum atomic E-state index is 13.6. The van der Waals surface area contributed by atoms with Crippen molar-refractivity contribution in [1.82, 2.24) is 20.1 Å². The molecule has 2 atom stereocenters. The number of carbonyl (C=O) groups is 4. The van der Waals surface area contributed by atoms with Crippen LogP contribution >= 0.6 is 12.2 Å². The van der Waals surface area contributed by atoms with Crippen molar-refractivity contribution in [3.05, 3.63) is 65.9 Å². The molecule has 3 aromatic rings. The zero-order valence-corrected chi connectivity index (χ0v) is 32.9. The molecule has 1 unspecified atom stereocenters. The molecule has 0 bridgehead atoms. The maximum Gasteiger partial charge on any atom is 0.420 e. The van der Waals surface area contributed by atoms with Crippen molar-refractivity contribution in [1.29, 1.82) is 0 Å². The molecule has 0 spiro atoms. The number of alkyl halides is 3. The second kappa shape index (κ2) is 16.6. The number of nitrogen functional groups attached to an aromatic ring is 1. The Hall–Kier alpha value is -5.33. The lowest BCUT2D eigenvalue weighted by molar-refractivity contribution is -0.137. The van der Waals surface area contributed by atoms with Gasteiger partial charge in [0.15, 0.2) is 5.11 Å². The van der Waals surface area contributed by atoms with E-state index in [2.05, 4.69) is 37.7 Å². The normalized spacial score (nSPS) is 20.5. The number of ether oxygens (including phenoxy) is 1. The number of imide groups is 1. The zero-order valence-electron chi connectivity index (χ0n) is 32.1. The third-order valence-corrected chi connectivity index (χ3v) is 10.8. The number of rotatable bonds is 12. The smallest absolute Gasteiger partial charge is 0.420 e. The molecule has 57 heavy (non-hydrogen) atoms. The van der Waals surface area contributed by atoms with Crippen molar-refractivity contribution >= 4 is 69.5 Å². The minimum atomic E-state index is -4.76. The van der Waals surface area contributed by atoms with Gasteiger partial charge < -0.3 is 26.0 Å². The van der Waals surface area contributed by atoms with Gasteiger partial charge in [0.2, 0.25) is 17.7 Å². The van der Waals surface area contributed by atoms with Gasteiger partial charge in [0.1, 0.15) is 29.8 Å². The standard InChI is InChI=1S/C39H46F3N9O5S/c1-5-24-17-27(51-37(57)50(36(55)38(51,3)4)28-19-29(39(40,41)42)34(43)44-20-28)9-11-31(24)56-16-15-48-13-14-49(23(2)21-48)22-33(53)46-26-8-6-7-25(18-26)45-30-10-12-32(52)47-35(30)54/h6-9,11,17-20,23,30,45H,5,10,12-16,21-22H2,1-4H3,(H2,43,44)(H,46,53)(H,47,52,54)/t23-,30?/m1/s1. The molecule has 6 rings (SSSR count). The van der Waals surface area contributed by atoms with Crippen LogP contribution < -0.4 is 36.2 Å². The second-order valence-corrected chi connectivity index (χ2v) is 15.2. The molecule has 304 valence electrons. The van der Waals surface area contributed by atoms with Crippen LogP contribution in [-0.2, 0) is 31.8 Å². The number of nitrogens with two attached hydrogens (primary N) is 1. The fourth-order valence-corrected chi connectivity index (χ4v) is 7.81. The van der Waals surface area contributed by atoms with Gasteiger partial charge >= 0.3 is 6.18 Å². The summed E-state index contributed by atoms with van der Waals surface area (Å²) in [4.78, 5) is 61.0.